The number of hydrogen-bond donors (Lipinski definition) is 4. The minimum absolute atomic E-state index is 0.0170. The molecule has 0 fully saturated rings. The fourth-order valence-electron chi connectivity index (χ4n) is 1.33. The maximum atomic E-state index is 9.69. The van der Waals surface area contributed by atoms with Crippen LogP contribution in [0.25, 0.3) is 0 Å². The molecule has 0 aromatic heterocycles. The monoisotopic (exact) mass is 190 g/mol. The minimum atomic E-state index is -0.375. The zero-order valence-electron chi connectivity index (χ0n) is 8.58. The molecule has 0 bridgehead atoms. The third-order valence-corrected chi connectivity index (χ3v) is 2.06. The number of hydrogen-bond acceptors (Lipinski definition) is 4. The van der Waals surface area contributed by atoms with E-state index in [1.54, 1.807) is 0 Å². The number of aliphatic hydroxyl groups excluding tert-OH is 2. The molecule has 80 valence electrons. The number of rotatable bonds is 8. The van der Waals surface area contributed by atoms with Gasteiger partial charge in [-0.15, -0.1) is 0 Å². The summed E-state index contributed by atoms with van der Waals surface area (Å²) in [5.74, 6) is 0. The Hall–Kier alpha value is -0.160. The number of nitrogens with one attached hydrogen (secondary N) is 2. The molecule has 0 saturated heterocycles. The molecule has 0 aliphatic carbocycles. The van der Waals surface area contributed by atoms with Crippen molar-refractivity contribution in [1.82, 2.24) is 10.6 Å². The van der Waals surface area contributed by atoms with E-state index in [2.05, 4.69) is 10.6 Å². The van der Waals surface area contributed by atoms with E-state index in [4.69, 9.17) is 5.11 Å². The van der Waals surface area contributed by atoms with Gasteiger partial charge in [0.05, 0.1) is 6.10 Å². The second-order valence-electron chi connectivity index (χ2n) is 3.14. The van der Waals surface area contributed by atoms with Crippen molar-refractivity contribution in [3.8, 4) is 0 Å². The van der Waals surface area contributed by atoms with Gasteiger partial charge in [0.2, 0.25) is 0 Å². The van der Waals surface area contributed by atoms with E-state index in [1.807, 2.05) is 14.0 Å². The van der Waals surface area contributed by atoms with Gasteiger partial charge in [0.1, 0.15) is 0 Å². The van der Waals surface area contributed by atoms with Crippen LogP contribution in [0.15, 0.2) is 0 Å². The molecule has 0 aromatic carbocycles. The molecule has 0 aliphatic heterocycles. The van der Waals surface area contributed by atoms with Crippen LogP contribution in [0.3, 0.4) is 0 Å². The average molecular weight is 190 g/mol. The largest absolute Gasteiger partial charge is 0.396 e. The maximum absolute atomic E-state index is 9.69. The second-order valence-corrected chi connectivity index (χ2v) is 3.14. The van der Waals surface area contributed by atoms with Gasteiger partial charge >= 0.3 is 0 Å². The van der Waals surface area contributed by atoms with Gasteiger partial charge in [-0.05, 0) is 33.0 Å². The van der Waals surface area contributed by atoms with Crippen LogP contribution in [-0.4, -0.2) is 49.1 Å². The van der Waals surface area contributed by atoms with E-state index in [-0.39, 0.29) is 18.8 Å². The fourth-order valence-corrected chi connectivity index (χ4v) is 1.33. The normalized spacial score (nSPS) is 15.7. The molecule has 0 saturated carbocycles. The quantitative estimate of drug-likeness (QED) is 0.409. The van der Waals surface area contributed by atoms with Crippen molar-refractivity contribution < 1.29 is 10.2 Å². The lowest BCUT2D eigenvalue weighted by Crippen LogP contribution is -2.41. The highest BCUT2D eigenvalue weighted by Gasteiger charge is 2.16. The second kappa shape index (κ2) is 8.44. The van der Waals surface area contributed by atoms with Crippen LogP contribution < -0.4 is 10.6 Å². The fraction of sp³-hybridized carbons (Fsp3) is 1.00. The molecule has 13 heavy (non-hydrogen) atoms. The van der Waals surface area contributed by atoms with Crippen LogP contribution in [0.2, 0.25) is 0 Å². The first-order valence-electron chi connectivity index (χ1n) is 4.93. The van der Waals surface area contributed by atoms with Gasteiger partial charge in [-0.25, -0.2) is 0 Å². The lowest BCUT2D eigenvalue weighted by atomic mass is 10.1. The Morgan fingerprint density at radius 3 is 2.46 bits per heavy atom. The summed E-state index contributed by atoms with van der Waals surface area (Å²) in [7, 11) is 1.86. The summed E-state index contributed by atoms with van der Waals surface area (Å²) >= 11 is 0. The lowest BCUT2D eigenvalue weighted by molar-refractivity contribution is 0.103. The standard InChI is InChI=1S/C9H22N2O2/c1-3-11-8(5-7-12)9(13)4-6-10-2/h8-13H,3-7H2,1-2H3. The van der Waals surface area contributed by atoms with Crippen molar-refractivity contribution in [3.63, 3.8) is 0 Å². The lowest BCUT2D eigenvalue weighted by Gasteiger charge is -2.22. The van der Waals surface area contributed by atoms with Gasteiger partial charge in [0.25, 0.3) is 0 Å². The molecule has 2 atom stereocenters. The van der Waals surface area contributed by atoms with Crippen LogP contribution in [0.5, 0.6) is 0 Å². The SMILES string of the molecule is CCNC(CCO)C(O)CCNC. The van der Waals surface area contributed by atoms with Crippen molar-refractivity contribution in [1.29, 1.82) is 0 Å². The molecular weight excluding hydrogens is 168 g/mol. The van der Waals surface area contributed by atoms with E-state index >= 15 is 0 Å². The van der Waals surface area contributed by atoms with Crippen LogP contribution >= 0.6 is 0 Å². The topological polar surface area (TPSA) is 64.5 Å². The Balaban J connectivity index is 3.72. The molecule has 4 heteroatoms. The van der Waals surface area contributed by atoms with Crippen molar-refractivity contribution in [2.75, 3.05) is 26.7 Å². The molecule has 0 radical (unpaired) electrons. The molecular formula is C9H22N2O2. The number of likely N-dealkylation sites (N-methyl/N-ethyl adjacent to an activating group) is 1. The minimum Gasteiger partial charge on any atom is -0.396 e. The van der Waals surface area contributed by atoms with Crippen LogP contribution in [0, 0.1) is 0 Å². The van der Waals surface area contributed by atoms with Gasteiger partial charge in [-0.2, -0.15) is 0 Å². The van der Waals surface area contributed by atoms with Crippen LogP contribution in [-0.2, 0) is 0 Å². The van der Waals surface area contributed by atoms with Gasteiger partial charge in [-0.1, -0.05) is 6.92 Å². The smallest absolute Gasteiger partial charge is 0.0706 e. The zero-order valence-corrected chi connectivity index (χ0v) is 8.58. The first-order chi connectivity index (χ1) is 6.26. The maximum Gasteiger partial charge on any atom is 0.0706 e. The summed E-state index contributed by atoms with van der Waals surface area (Å²) in [6.07, 6.45) is 0.951. The molecule has 2 unspecified atom stereocenters. The zero-order chi connectivity index (χ0) is 10.1. The molecule has 0 rings (SSSR count). The highest BCUT2D eigenvalue weighted by atomic mass is 16.3. The summed E-state index contributed by atoms with van der Waals surface area (Å²) in [6.45, 7) is 3.74. The molecule has 4 N–H and O–H groups in total. The van der Waals surface area contributed by atoms with E-state index in [0.717, 1.165) is 13.1 Å². The van der Waals surface area contributed by atoms with Gasteiger partial charge in [-0.3, -0.25) is 0 Å². The van der Waals surface area contributed by atoms with Gasteiger partial charge in [0.15, 0.2) is 0 Å². The predicted molar refractivity (Wildman–Crippen MR) is 53.7 cm³/mol. The van der Waals surface area contributed by atoms with E-state index in [1.165, 1.54) is 0 Å². The molecule has 0 spiro atoms. The third kappa shape index (κ3) is 5.99. The van der Waals surface area contributed by atoms with E-state index < -0.39 is 0 Å². The molecule has 0 aliphatic rings. The highest BCUT2D eigenvalue weighted by Crippen LogP contribution is 2.02. The van der Waals surface area contributed by atoms with Gasteiger partial charge < -0.3 is 20.8 Å². The third-order valence-electron chi connectivity index (χ3n) is 2.06. The summed E-state index contributed by atoms with van der Waals surface area (Å²) in [6, 6.07) is 0.0170. The Morgan fingerprint density at radius 2 is 2.00 bits per heavy atom. The first kappa shape index (κ1) is 12.8. The Kier molecular flexibility index (Phi) is 8.33. The summed E-state index contributed by atoms with van der Waals surface area (Å²) < 4.78 is 0. The van der Waals surface area contributed by atoms with E-state index in [0.29, 0.717) is 12.8 Å². The van der Waals surface area contributed by atoms with Crippen molar-refractivity contribution in [2.24, 2.45) is 0 Å². The van der Waals surface area contributed by atoms with E-state index in [9.17, 15) is 5.11 Å². The van der Waals surface area contributed by atoms with Crippen molar-refractivity contribution in [2.45, 2.75) is 31.9 Å². The Bertz CT molecular complexity index is 106. The Labute approximate surface area is 80.3 Å². The molecule has 0 heterocycles. The predicted octanol–water partition coefficient (Wildman–Crippen LogP) is -0.683. The summed E-state index contributed by atoms with van der Waals surface area (Å²) in [5, 5.41) is 24.6. The molecule has 0 amide bonds. The first-order valence-corrected chi connectivity index (χ1v) is 4.93. The van der Waals surface area contributed by atoms with Crippen LogP contribution in [0.1, 0.15) is 19.8 Å². The Morgan fingerprint density at radius 1 is 1.31 bits per heavy atom. The number of aliphatic hydroxyl groups is 2. The van der Waals surface area contributed by atoms with Crippen LogP contribution in [0.4, 0.5) is 0 Å². The van der Waals surface area contributed by atoms with Gasteiger partial charge in [0, 0.05) is 12.6 Å². The highest BCUT2D eigenvalue weighted by molar-refractivity contribution is 4.75. The molecule has 0 aromatic rings. The average Bonchev–Trinajstić information content (AvgIpc) is 2.14. The van der Waals surface area contributed by atoms with Crippen molar-refractivity contribution >= 4 is 0 Å². The molecule has 4 nitrogen and oxygen atoms in total. The summed E-state index contributed by atoms with van der Waals surface area (Å²) in [4.78, 5) is 0. The van der Waals surface area contributed by atoms with Crippen molar-refractivity contribution in [3.05, 3.63) is 0 Å². The summed E-state index contributed by atoms with van der Waals surface area (Å²) in [5.41, 5.74) is 0.